The van der Waals surface area contributed by atoms with Crippen molar-refractivity contribution in [1.82, 2.24) is 4.98 Å². The van der Waals surface area contributed by atoms with Gasteiger partial charge in [-0.2, -0.15) is 0 Å². The lowest BCUT2D eigenvalue weighted by Gasteiger charge is -1.87. The van der Waals surface area contributed by atoms with Gasteiger partial charge in [0.1, 0.15) is 6.20 Å². The molecule has 0 saturated heterocycles. The first kappa shape index (κ1) is 5.95. The van der Waals surface area contributed by atoms with E-state index in [1.807, 2.05) is 23.9 Å². The molecule has 0 saturated carbocycles. The smallest absolute Gasteiger partial charge is 0.234 e. The quantitative estimate of drug-likeness (QED) is 0.496. The van der Waals surface area contributed by atoms with Crippen LogP contribution in [0.1, 0.15) is 5.82 Å². The van der Waals surface area contributed by atoms with Gasteiger partial charge in [0.2, 0.25) is 0 Å². The molecule has 0 amide bonds. The van der Waals surface area contributed by atoms with Crippen LogP contribution in [-0.4, -0.2) is 4.98 Å². The molecule has 0 fully saturated rings. The molecule has 1 heterocycles. The van der Waals surface area contributed by atoms with Crippen LogP contribution in [0.3, 0.4) is 0 Å². The van der Waals surface area contributed by atoms with Gasteiger partial charge in [0, 0.05) is 12.1 Å². The molecule has 1 aromatic heterocycles. The lowest BCUT2D eigenvalue weighted by molar-refractivity contribution is -0.676. The molecular formula is C7H9N2+. The van der Waals surface area contributed by atoms with Gasteiger partial charge in [0.15, 0.2) is 0 Å². The third kappa shape index (κ3) is 1.13. The van der Waals surface area contributed by atoms with Gasteiger partial charge in [0.05, 0.1) is 13.2 Å². The van der Waals surface area contributed by atoms with Crippen molar-refractivity contribution < 1.29 is 4.57 Å². The maximum atomic E-state index is 4.04. The molecule has 0 spiro atoms. The van der Waals surface area contributed by atoms with E-state index in [1.54, 1.807) is 12.3 Å². The Morgan fingerprint density at radius 2 is 2.56 bits per heavy atom. The topological polar surface area (TPSA) is 16.8 Å². The van der Waals surface area contributed by atoms with E-state index in [-0.39, 0.29) is 0 Å². The number of rotatable bonds is 1. The molecule has 0 bridgehead atoms. The van der Waals surface area contributed by atoms with Crippen molar-refractivity contribution in [3.05, 3.63) is 30.9 Å². The van der Waals surface area contributed by atoms with E-state index >= 15 is 0 Å². The highest BCUT2D eigenvalue weighted by Crippen LogP contribution is 1.83. The second kappa shape index (κ2) is 2.40. The largest absolute Gasteiger partial charge is 0.322 e. The third-order valence-electron chi connectivity index (χ3n) is 1.15. The van der Waals surface area contributed by atoms with Crippen molar-refractivity contribution in [3.8, 4) is 0 Å². The van der Waals surface area contributed by atoms with Crippen LogP contribution in [0.2, 0.25) is 0 Å². The van der Waals surface area contributed by atoms with E-state index in [0.717, 1.165) is 5.82 Å². The average Bonchev–Trinajstić information content (AvgIpc) is 1.89. The zero-order valence-electron chi connectivity index (χ0n) is 5.41. The Morgan fingerprint density at radius 3 is 3.00 bits per heavy atom. The highest BCUT2D eigenvalue weighted by Gasteiger charge is 1.97. The molecule has 2 heteroatoms. The normalized spacial score (nSPS) is 9.00. The van der Waals surface area contributed by atoms with Crippen molar-refractivity contribution in [2.45, 2.75) is 0 Å². The Kier molecular flexibility index (Phi) is 1.58. The molecule has 0 N–H and O–H groups in total. The van der Waals surface area contributed by atoms with Gasteiger partial charge < -0.3 is 0 Å². The van der Waals surface area contributed by atoms with Crippen molar-refractivity contribution in [3.63, 3.8) is 0 Å². The molecule has 0 radical (unpaired) electrons. The molecule has 1 aromatic rings. The zero-order valence-corrected chi connectivity index (χ0v) is 5.41. The van der Waals surface area contributed by atoms with Gasteiger partial charge in [-0.05, 0) is 4.98 Å². The average molecular weight is 121 g/mol. The Morgan fingerprint density at radius 1 is 1.78 bits per heavy atom. The summed E-state index contributed by atoms with van der Waals surface area (Å²) in [6.45, 7) is 3.61. The van der Waals surface area contributed by atoms with Crippen molar-refractivity contribution in [1.29, 1.82) is 0 Å². The van der Waals surface area contributed by atoms with E-state index in [0.29, 0.717) is 0 Å². The number of hydrogen-bond donors (Lipinski definition) is 0. The van der Waals surface area contributed by atoms with Crippen LogP contribution in [0, 0.1) is 0 Å². The minimum absolute atomic E-state index is 0.887. The molecule has 1 rings (SSSR count). The van der Waals surface area contributed by atoms with Gasteiger partial charge in [-0.15, -0.1) is 0 Å². The molecule has 0 aliphatic rings. The van der Waals surface area contributed by atoms with Crippen LogP contribution >= 0.6 is 0 Å². The summed E-state index contributed by atoms with van der Waals surface area (Å²) in [4.78, 5) is 4.04. The number of nitrogens with zero attached hydrogens (tertiary/aromatic N) is 2. The monoisotopic (exact) mass is 121 g/mol. The highest BCUT2D eigenvalue weighted by molar-refractivity contribution is 5.31. The first-order chi connectivity index (χ1) is 4.34. The molecule has 46 valence electrons. The SMILES string of the molecule is C=Cc1nccc[n+]1C. The van der Waals surface area contributed by atoms with Crippen LogP contribution < -0.4 is 4.57 Å². The maximum Gasteiger partial charge on any atom is 0.322 e. The summed E-state index contributed by atoms with van der Waals surface area (Å²) in [7, 11) is 1.93. The molecule has 0 aliphatic heterocycles. The molecule has 0 aromatic carbocycles. The Hall–Kier alpha value is -1.18. The summed E-state index contributed by atoms with van der Waals surface area (Å²) in [5.74, 6) is 0.887. The Bertz CT molecular complexity index is 218. The third-order valence-corrected chi connectivity index (χ3v) is 1.15. The first-order valence-electron chi connectivity index (χ1n) is 2.77. The summed E-state index contributed by atoms with van der Waals surface area (Å²) in [5.41, 5.74) is 0. The van der Waals surface area contributed by atoms with Crippen LogP contribution in [0.5, 0.6) is 0 Å². The van der Waals surface area contributed by atoms with Crippen molar-refractivity contribution in [2.75, 3.05) is 0 Å². The van der Waals surface area contributed by atoms with E-state index in [4.69, 9.17) is 0 Å². The predicted octanol–water partition coefficient (Wildman–Crippen LogP) is 0.549. The van der Waals surface area contributed by atoms with Crippen LogP contribution in [0.15, 0.2) is 25.0 Å². The van der Waals surface area contributed by atoms with Crippen LogP contribution in [0.25, 0.3) is 6.08 Å². The fourth-order valence-electron chi connectivity index (χ4n) is 0.651. The lowest BCUT2D eigenvalue weighted by Crippen LogP contribution is -2.31. The fraction of sp³-hybridized carbons (Fsp3) is 0.143. The zero-order chi connectivity index (χ0) is 6.69. The standard InChI is InChI=1S/C7H9N2/c1-3-7-8-5-4-6-9(7)2/h3-6H,1H2,2H3/q+1. The molecule has 0 atom stereocenters. The Labute approximate surface area is 54.5 Å². The van der Waals surface area contributed by atoms with Crippen molar-refractivity contribution >= 4 is 6.08 Å². The van der Waals surface area contributed by atoms with Crippen LogP contribution in [0.4, 0.5) is 0 Å². The van der Waals surface area contributed by atoms with E-state index in [1.165, 1.54) is 0 Å². The Balaban J connectivity index is 3.15. The number of aryl methyl sites for hydroxylation is 1. The molecule has 0 aliphatic carbocycles. The van der Waals surface area contributed by atoms with Gasteiger partial charge >= 0.3 is 5.82 Å². The van der Waals surface area contributed by atoms with Gasteiger partial charge in [-0.3, -0.25) is 0 Å². The molecular weight excluding hydrogens is 112 g/mol. The predicted molar refractivity (Wildman–Crippen MR) is 35.5 cm³/mol. The summed E-state index contributed by atoms with van der Waals surface area (Å²) in [6, 6.07) is 1.88. The minimum Gasteiger partial charge on any atom is -0.234 e. The second-order valence-corrected chi connectivity index (χ2v) is 1.79. The van der Waals surface area contributed by atoms with E-state index in [2.05, 4.69) is 11.6 Å². The van der Waals surface area contributed by atoms with Gasteiger partial charge in [-0.1, -0.05) is 6.58 Å². The minimum atomic E-state index is 0.887. The molecule has 9 heavy (non-hydrogen) atoms. The highest BCUT2D eigenvalue weighted by atomic mass is 15.0. The second-order valence-electron chi connectivity index (χ2n) is 1.79. The molecule has 0 unspecified atom stereocenters. The fourth-order valence-corrected chi connectivity index (χ4v) is 0.651. The molecule has 2 nitrogen and oxygen atoms in total. The lowest BCUT2D eigenvalue weighted by atomic mass is 10.5. The first-order valence-corrected chi connectivity index (χ1v) is 2.77. The van der Waals surface area contributed by atoms with Crippen LogP contribution in [-0.2, 0) is 7.05 Å². The summed E-state index contributed by atoms with van der Waals surface area (Å²) >= 11 is 0. The van der Waals surface area contributed by atoms with E-state index < -0.39 is 0 Å². The van der Waals surface area contributed by atoms with Crippen molar-refractivity contribution in [2.24, 2.45) is 7.05 Å². The summed E-state index contributed by atoms with van der Waals surface area (Å²) < 4.78 is 1.91. The van der Waals surface area contributed by atoms with E-state index in [9.17, 15) is 0 Å². The summed E-state index contributed by atoms with van der Waals surface area (Å²) in [5, 5.41) is 0. The van der Waals surface area contributed by atoms with Gasteiger partial charge in [-0.25, -0.2) is 4.57 Å². The number of aromatic nitrogens is 2. The van der Waals surface area contributed by atoms with Gasteiger partial charge in [0.25, 0.3) is 0 Å². The number of hydrogen-bond acceptors (Lipinski definition) is 1. The summed E-state index contributed by atoms with van der Waals surface area (Å²) in [6.07, 6.45) is 5.40. The maximum absolute atomic E-state index is 4.04.